The second-order valence-corrected chi connectivity index (χ2v) is 13.3. The molecule has 4 aromatic rings. The molecule has 21 nitrogen and oxygen atoms in total. The Balaban J connectivity index is 0.00000451. The Morgan fingerprint density at radius 1 is 0.923 bits per heavy atom. The van der Waals surface area contributed by atoms with Crippen LogP contribution >= 0.6 is 12.0 Å². The summed E-state index contributed by atoms with van der Waals surface area (Å²) in [6.07, 6.45) is 0. The van der Waals surface area contributed by atoms with Crippen molar-refractivity contribution >= 4 is 83.6 Å². The number of nitrogen functional groups attached to an aromatic ring is 1. The molecule has 0 fully saturated rings. The van der Waals surface area contributed by atoms with Crippen molar-refractivity contribution < 1.29 is 145 Å². The molecule has 0 bridgehead atoms. The van der Waals surface area contributed by atoms with Crippen LogP contribution in [0.2, 0.25) is 0 Å². The number of azo groups is 1. The largest absolute Gasteiger partial charge is 1.00 e. The summed E-state index contributed by atoms with van der Waals surface area (Å²) in [4.78, 5) is 13.2. The molecule has 0 aliphatic carbocycles. The normalized spacial score (nSPS) is 11.4. The van der Waals surface area contributed by atoms with Crippen molar-refractivity contribution in [2.24, 2.45) is 10.2 Å². The van der Waals surface area contributed by atoms with E-state index >= 15 is 0 Å². The van der Waals surface area contributed by atoms with E-state index in [-0.39, 0.29) is 172 Å². The molecule has 0 aliphatic rings. The molecular weight excluding hydrogens is 783 g/mol. The van der Waals surface area contributed by atoms with Gasteiger partial charge in [-0.1, -0.05) is 6.07 Å². The van der Waals surface area contributed by atoms with Gasteiger partial charge in [0, 0.05) is 30.2 Å². The first-order chi connectivity index (χ1) is 23.2. The number of nitrogens with one attached hydrogen (secondary N) is 2. The first kappa shape index (κ1) is 48.5. The fraction of sp³-hybridized carbons (Fsp3) is 0.240. The number of aromatic nitrogens is 3. The van der Waals surface area contributed by atoms with Crippen LogP contribution in [0, 0.1) is 0 Å². The zero-order chi connectivity index (χ0) is 35.8. The van der Waals surface area contributed by atoms with Crippen LogP contribution in [0.4, 0.5) is 40.6 Å². The van der Waals surface area contributed by atoms with Crippen LogP contribution in [-0.4, -0.2) is 94.8 Å². The van der Waals surface area contributed by atoms with Crippen molar-refractivity contribution in [3.63, 3.8) is 0 Å². The first-order valence-electron chi connectivity index (χ1n) is 13.6. The van der Waals surface area contributed by atoms with Gasteiger partial charge in [-0.05, 0) is 41.8 Å². The molecule has 7 N–H and O–H groups in total. The molecule has 0 unspecified atom stereocenters. The number of nitrogens with two attached hydrogens (primary N) is 1. The number of benzene rings is 3. The maximum absolute atomic E-state index is 12.3. The summed E-state index contributed by atoms with van der Waals surface area (Å²) in [7, 11) is -9.77. The molecule has 0 spiro atoms. The van der Waals surface area contributed by atoms with Gasteiger partial charge in [-0.15, -0.1) is 10.2 Å². The number of hydrogen-bond donors (Lipinski definition) is 6. The minimum atomic E-state index is -5.19. The summed E-state index contributed by atoms with van der Waals surface area (Å²) >= 11 is 0.528. The van der Waals surface area contributed by atoms with Crippen LogP contribution in [0.1, 0.15) is 0 Å². The van der Waals surface area contributed by atoms with E-state index in [2.05, 4.69) is 45.2 Å². The van der Waals surface area contributed by atoms with Crippen LogP contribution in [0.15, 0.2) is 62.5 Å². The minimum Gasteiger partial charge on any atom is -0.748 e. The number of aliphatic hydroxyl groups is 2. The Morgan fingerprint density at radius 2 is 1.60 bits per heavy atom. The molecule has 264 valence electrons. The van der Waals surface area contributed by atoms with Gasteiger partial charge >= 0.3 is 88.7 Å². The minimum absolute atomic E-state index is 0. The molecule has 0 amide bonds. The smallest absolute Gasteiger partial charge is 0.748 e. The first-order valence-corrected chi connectivity index (χ1v) is 17.3. The molecule has 0 saturated heterocycles. The Labute approximate surface area is 367 Å². The zero-order valence-electron chi connectivity index (χ0n) is 27.8. The summed E-state index contributed by atoms with van der Waals surface area (Å²) in [5.74, 6) is -1.70. The van der Waals surface area contributed by atoms with E-state index in [9.17, 15) is 46.5 Å². The second kappa shape index (κ2) is 22.2. The predicted octanol–water partition coefficient (Wildman–Crippen LogP) is -8.63. The average Bonchev–Trinajstić information content (AvgIpc) is 3.02. The van der Waals surface area contributed by atoms with E-state index in [4.69, 9.17) is 5.73 Å². The average molecular weight is 810 g/mol. The molecular formula is C25H26N9Na3O12S3. The van der Waals surface area contributed by atoms with E-state index in [0.717, 1.165) is 12.1 Å². The van der Waals surface area contributed by atoms with E-state index in [1.807, 2.05) is 0 Å². The molecule has 52 heavy (non-hydrogen) atoms. The molecule has 4 rings (SSSR count). The molecule has 0 radical (unpaired) electrons. The molecule has 27 heteroatoms. The number of anilines is 5. The number of phenols is 1. The van der Waals surface area contributed by atoms with Crippen LogP contribution in [0.25, 0.3) is 10.8 Å². The number of fused-ring (bicyclic) bond motifs is 1. The fourth-order valence-electron chi connectivity index (χ4n) is 4.21. The third kappa shape index (κ3) is 14.0. The zero-order valence-corrected chi connectivity index (χ0v) is 36.2. The van der Waals surface area contributed by atoms with Gasteiger partial charge in [-0.2, -0.15) is 19.3 Å². The number of aliphatic hydroxyl groups excluding tert-OH is 2. The number of phenolic OH excluding ortho intramolecular Hbond substituents is 1. The summed E-state index contributed by atoms with van der Waals surface area (Å²) in [6, 6.07) is 9.06. The third-order valence-corrected chi connectivity index (χ3v) is 8.38. The van der Waals surface area contributed by atoms with Gasteiger partial charge < -0.3 is 50.9 Å². The number of hydrogen-bond acceptors (Lipinski definition) is 22. The van der Waals surface area contributed by atoms with Gasteiger partial charge in [0.15, 0.2) is 0 Å². The number of aromatic hydroxyl groups is 1. The van der Waals surface area contributed by atoms with E-state index in [1.54, 1.807) is 0 Å². The standard InChI is InChI=1S/C25H29N9O12S3.3Na/c26-17-3-1-14-11-16(47-46-45-38)13-19(37)21(14)22(17)33-32-18-4-2-15(12-20(18)49(42,43)44)28-24-29-23(27-5-10-48(39,40)41)30-25(31-24)34(6-8-35)7-9-36;;;/h1-4,11-13,35-38H,5-10,26H2,(H,39,40,41)(H,42,43,44)(H2,27,28,29,30,31);;;/q;3*+1/p-3. The maximum Gasteiger partial charge on any atom is 1.00 e. The Morgan fingerprint density at radius 3 is 2.21 bits per heavy atom. The van der Waals surface area contributed by atoms with Crippen molar-refractivity contribution in [3.8, 4) is 5.75 Å². The maximum atomic E-state index is 12.3. The van der Waals surface area contributed by atoms with Crippen LogP contribution in [0.5, 0.6) is 5.75 Å². The van der Waals surface area contributed by atoms with Crippen molar-refractivity contribution in [1.82, 2.24) is 15.0 Å². The van der Waals surface area contributed by atoms with Gasteiger partial charge in [-0.25, -0.2) is 16.8 Å². The van der Waals surface area contributed by atoms with Crippen molar-refractivity contribution in [3.05, 3.63) is 42.5 Å². The summed E-state index contributed by atoms with van der Waals surface area (Å²) < 4.78 is 74.2. The van der Waals surface area contributed by atoms with Crippen molar-refractivity contribution in [1.29, 1.82) is 0 Å². The Hall–Kier alpha value is -1.50. The number of rotatable bonds is 17. The van der Waals surface area contributed by atoms with Crippen LogP contribution in [0.3, 0.4) is 0 Å². The summed E-state index contributed by atoms with van der Waals surface area (Å²) in [5, 5.41) is 56.7. The molecule has 1 aromatic heterocycles. The monoisotopic (exact) mass is 809 g/mol. The molecule has 1 heterocycles. The SMILES string of the molecule is Nc1ccc2cc(SOO[O-])cc(O)c2c1N=Nc1ccc(Nc2nc(NCCS(=O)(=O)[O-])nc(N(CCO)CCO)n2)cc1S(=O)(=O)[O-].[Na+].[Na+].[Na+]. The van der Waals surface area contributed by atoms with Crippen LogP contribution in [-0.2, 0) is 29.6 Å². The predicted molar refractivity (Wildman–Crippen MR) is 169 cm³/mol. The Kier molecular flexibility index (Phi) is 20.7. The van der Waals surface area contributed by atoms with Crippen LogP contribution < -0.4 is 115 Å². The second-order valence-electron chi connectivity index (χ2n) is 9.63. The molecule has 0 atom stereocenters. The van der Waals surface area contributed by atoms with E-state index in [0.29, 0.717) is 17.4 Å². The van der Waals surface area contributed by atoms with Gasteiger partial charge in [0.1, 0.15) is 27.2 Å². The fourth-order valence-corrected chi connectivity index (χ4v) is 5.64. The van der Waals surface area contributed by atoms with E-state index < -0.39 is 36.6 Å². The summed E-state index contributed by atoms with van der Waals surface area (Å²) in [5.41, 5.74) is 5.59. The van der Waals surface area contributed by atoms with Gasteiger partial charge in [0.25, 0.3) is 0 Å². The quantitative estimate of drug-likeness (QED) is 0.0110. The van der Waals surface area contributed by atoms with Gasteiger partial charge in [0.05, 0.1) is 57.1 Å². The van der Waals surface area contributed by atoms with Gasteiger partial charge in [-0.3, -0.25) is 5.04 Å². The Bertz CT molecular complexity index is 2070. The molecule has 0 aliphatic heterocycles. The van der Waals surface area contributed by atoms with Crippen molar-refractivity contribution in [2.45, 2.75) is 9.79 Å². The molecule has 3 aromatic carbocycles. The van der Waals surface area contributed by atoms with Gasteiger partial charge in [0.2, 0.25) is 17.8 Å². The summed E-state index contributed by atoms with van der Waals surface area (Å²) in [6.45, 7) is -1.15. The molecule has 0 saturated carbocycles. The third-order valence-electron chi connectivity index (χ3n) is 6.26. The number of nitrogens with zero attached hydrogens (tertiary/aromatic N) is 6. The van der Waals surface area contributed by atoms with Crippen molar-refractivity contribution in [2.75, 3.05) is 59.9 Å². The topological polar surface area (TPSA) is 333 Å². The van der Waals surface area contributed by atoms with E-state index in [1.165, 1.54) is 35.2 Å².